The molecule has 2 rings (SSSR count). The van der Waals surface area contributed by atoms with Crippen molar-refractivity contribution in [2.45, 2.75) is 19.4 Å². The first-order valence-electron chi connectivity index (χ1n) is 6.98. The second-order valence-corrected chi connectivity index (χ2v) is 4.73. The van der Waals surface area contributed by atoms with Crippen LogP contribution in [0.1, 0.15) is 17.7 Å². The molecule has 0 fully saturated rings. The van der Waals surface area contributed by atoms with Gasteiger partial charge in [0.1, 0.15) is 11.6 Å². The van der Waals surface area contributed by atoms with E-state index in [0.29, 0.717) is 19.5 Å². The van der Waals surface area contributed by atoms with Crippen LogP contribution in [-0.2, 0) is 17.8 Å². The largest absolute Gasteiger partial charge is 0.467 e. The molecule has 1 aromatic heterocycles. The topological polar surface area (TPSA) is 54.3 Å². The van der Waals surface area contributed by atoms with Gasteiger partial charge in [-0.1, -0.05) is 12.1 Å². The van der Waals surface area contributed by atoms with Gasteiger partial charge in [0.2, 0.25) is 5.91 Å². The van der Waals surface area contributed by atoms with Crippen LogP contribution in [0.5, 0.6) is 0 Å². The van der Waals surface area contributed by atoms with E-state index in [4.69, 9.17) is 4.42 Å². The summed E-state index contributed by atoms with van der Waals surface area (Å²) in [5.74, 6) is 0.508. The lowest BCUT2D eigenvalue weighted by Gasteiger charge is -2.06. The van der Waals surface area contributed by atoms with Crippen LogP contribution in [0.25, 0.3) is 0 Å². The molecular weight excluding hydrogens is 271 g/mol. The molecule has 5 heteroatoms. The second-order valence-electron chi connectivity index (χ2n) is 4.73. The van der Waals surface area contributed by atoms with Crippen LogP contribution in [0.2, 0.25) is 0 Å². The predicted octanol–water partition coefficient (Wildman–Crippen LogP) is 2.26. The molecule has 1 heterocycles. The zero-order valence-corrected chi connectivity index (χ0v) is 11.8. The lowest BCUT2D eigenvalue weighted by molar-refractivity contribution is -0.121. The quantitative estimate of drug-likeness (QED) is 0.733. The highest BCUT2D eigenvalue weighted by Crippen LogP contribution is 2.02. The molecule has 4 nitrogen and oxygen atoms in total. The van der Waals surface area contributed by atoms with E-state index in [-0.39, 0.29) is 11.7 Å². The normalized spacial score (nSPS) is 10.5. The molecule has 2 N–H and O–H groups in total. The van der Waals surface area contributed by atoms with E-state index in [9.17, 15) is 9.18 Å². The molecule has 0 aliphatic heterocycles. The van der Waals surface area contributed by atoms with Crippen LogP contribution >= 0.6 is 0 Å². The number of carbonyl (C=O) groups excluding carboxylic acids is 1. The molecule has 0 saturated carbocycles. The van der Waals surface area contributed by atoms with E-state index in [2.05, 4.69) is 10.6 Å². The summed E-state index contributed by atoms with van der Waals surface area (Å²) in [5.41, 5.74) is 1.08. The van der Waals surface area contributed by atoms with Gasteiger partial charge in [-0.2, -0.15) is 0 Å². The monoisotopic (exact) mass is 290 g/mol. The molecule has 2 aromatic rings. The van der Waals surface area contributed by atoms with E-state index in [1.807, 2.05) is 6.07 Å². The first kappa shape index (κ1) is 15.3. The Morgan fingerprint density at radius 1 is 1.14 bits per heavy atom. The number of hydrogen-bond donors (Lipinski definition) is 2. The fourth-order valence-corrected chi connectivity index (χ4v) is 1.90. The number of hydrogen-bond acceptors (Lipinski definition) is 3. The maximum absolute atomic E-state index is 12.7. The number of amides is 1. The molecule has 0 unspecified atom stereocenters. The van der Waals surface area contributed by atoms with Gasteiger partial charge in [-0.15, -0.1) is 0 Å². The van der Waals surface area contributed by atoms with Gasteiger partial charge in [0.05, 0.1) is 12.8 Å². The Hall–Kier alpha value is -2.14. The van der Waals surface area contributed by atoms with E-state index in [1.54, 1.807) is 24.5 Å². The lowest BCUT2D eigenvalue weighted by atomic mass is 10.1. The van der Waals surface area contributed by atoms with E-state index < -0.39 is 0 Å². The molecule has 0 atom stereocenters. The van der Waals surface area contributed by atoms with Gasteiger partial charge in [0.25, 0.3) is 0 Å². The molecule has 112 valence electrons. The lowest BCUT2D eigenvalue weighted by Crippen LogP contribution is -2.28. The van der Waals surface area contributed by atoms with Crippen molar-refractivity contribution < 1.29 is 13.6 Å². The number of furan rings is 1. The summed E-state index contributed by atoms with van der Waals surface area (Å²) in [6, 6.07) is 10.1. The van der Waals surface area contributed by atoms with Crippen LogP contribution in [-0.4, -0.2) is 19.0 Å². The third-order valence-corrected chi connectivity index (χ3v) is 3.07. The third-order valence-electron chi connectivity index (χ3n) is 3.07. The number of benzene rings is 1. The van der Waals surface area contributed by atoms with Gasteiger partial charge in [-0.25, -0.2) is 4.39 Å². The van der Waals surface area contributed by atoms with Crippen LogP contribution in [0.4, 0.5) is 4.39 Å². The first-order chi connectivity index (χ1) is 10.2. The van der Waals surface area contributed by atoms with E-state index >= 15 is 0 Å². The average Bonchev–Trinajstić information content (AvgIpc) is 3.00. The van der Waals surface area contributed by atoms with Crippen molar-refractivity contribution in [2.24, 2.45) is 0 Å². The molecule has 0 aliphatic carbocycles. The van der Waals surface area contributed by atoms with Crippen LogP contribution in [0.3, 0.4) is 0 Å². The fraction of sp³-hybridized carbons (Fsp3) is 0.312. The van der Waals surface area contributed by atoms with Gasteiger partial charge >= 0.3 is 0 Å². The van der Waals surface area contributed by atoms with Crippen LogP contribution < -0.4 is 10.6 Å². The van der Waals surface area contributed by atoms with Crippen molar-refractivity contribution in [1.29, 1.82) is 0 Å². The standard InChI is InChI=1S/C16H19FN2O2/c17-14-5-3-13(4-6-14)7-9-18-10-8-16(20)19-12-15-2-1-11-21-15/h1-6,11,18H,7-10,12H2,(H,19,20). The SMILES string of the molecule is O=C(CCNCCc1ccc(F)cc1)NCc1ccco1. The summed E-state index contributed by atoms with van der Waals surface area (Å²) < 4.78 is 17.9. The molecular formula is C16H19FN2O2. The minimum atomic E-state index is -0.222. The van der Waals surface area contributed by atoms with Crippen molar-refractivity contribution in [2.75, 3.05) is 13.1 Å². The summed E-state index contributed by atoms with van der Waals surface area (Å²) in [4.78, 5) is 11.6. The number of nitrogens with one attached hydrogen (secondary N) is 2. The van der Waals surface area contributed by atoms with Crippen LogP contribution in [0.15, 0.2) is 47.1 Å². The summed E-state index contributed by atoms with van der Waals surface area (Å²) >= 11 is 0. The van der Waals surface area contributed by atoms with E-state index in [1.165, 1.54) is 12.1 Å². The summed E-state index contributed by atoms with van der Waals surface area (Å²) in [7, 11) is 0. The molecule has 21 heavy (non-hydrogen) atoms. The summed E-state index contributed by atoms with van der Waals surface area (Å²) in [6.07, 6.45) is 2.82. The Bertz CT molecular complexity index is 538. The van der Waals surface area contributed by atoms with Crippen LogP contribution in [0, 0.1) is 5.82 Å². The zero-order valence-electron chi connectivity index (χ0n) is 11.8. The van der Waals surface area contributed by atoms with Crippen molar-refractivity contribution in [3.8, 4) is 0 Å². The zero-order chi connectivity index (χ0) is 14.9. The molecule has 0 radical (unpaired) electrons. The van der Waals surface area contributed by atoms with Gasteiger partial charge in [-0.3, -0.25) is 4.79 Å². The molecule has 0 saturated heterocycles. The van der Waals surface area contributed by atoms with Gasteiger partial charge in [0, 0.05) is 13.0 Å². The minimum Gasteiger partial charge on any atom is -0.467 e. The summed E-state index contributed by atoms with van der Waals surface area (Å²) in [6.45, 7) is 1.80. The number of rotatable bonds is 8. The Kier molecular flexibility index (Phi) is 5.97. The molecule has 1 amide bonds. The third kappa shape index (κ3) is 5.79. The summed E-state index contributed by atoms with van der Waals surface area (Å²) in [5, 5.41) is 5.98. The molecule has 0 bridgehead atoms. The Labute approximate surface area is 123 Å². The van der Waals surface area contributed by atoms with Gasteiger partial charge in [0.15, 0.2) is 0 Å². The average molecular weight is 290 g/mol. The highest BCUT2D eigenvalue weighted by Gasteiger charge is 2.02. The van der Waals surface area contributed by atoms with Gasteiger partial charge < -0.3 is 15.1 Å². The maximum Gasteiger partial charge on any atom is 0.221 e. The minimum absolute atomic E-state index is 0.0133. The molecule has 1 aromatic carbocycles. The smallest absolute Gasteiger partial charge is 0.221 e. The molecule has 0 spiro atoms. The second kappa shape index (κ2) is 8.21. The van der Waals surface area contributed by atoms with Crippen molar-refractivity contribution in [3.05, 3.63) is 59.8 Å². The number of halogens is 1. The predicted molar refractivity (Wildman–Crippen MR) is 78.1 cm³/mol. The molecule has 0 aliphatic rings. The number of carbonyl (C=O) groups is 1. The highest BCUT2D eigenvalue weighted by molar-refractivity contribution is 5.75. The van der Waals surface area contributed by atoms with Gasteiger partial charge in [-0.05, 0) is 42.8 Å². The maximum atomic E-state index is 12.7. The highest BCUT2D eigenvalue weighted by atomic mass is 19.1. The van der Waals surface area contributed by atoms with Crippen molar-refractivity contribution >= 4 is 5.91 Å². The van der Waals surface area contributed by atoms with Crippen molar-refractivity contribution in [3.63, 3.8) is 0 Å². The Morgan fingerprint density at radius 3 is 2.67 bits per heavy atom. The Balaban J connectivity index is 1.53. The van der Waals surface area contributed by atoms with E-state index in [0.717, 1.165) is 24.3 Å². The first-order valence-corrected chi connectivity index (χ1v) is 6.98. The fourth-order valence-electron chi connectivity index (χ4n) is 1.90. The van der Waals surface area contributed by atoms with Crippen molar-refractivity contribution in [1.82, 2.24) is 10.6 Å². The Morgan fingerprint density at radius 2 is 1.95 bits per heavy atom.